The van der Waals surface area contributed by atoms with Gasteiger partial charge in [0, 0.05) is 38.3 Å². The monoisotopic (exact) mass is 382 g/mol. The molecule has 0 bridgehead atoms. The van der Waals surface area contributed by atoms with Crippen molar-refractivity contribution in [1.29, 1.82) is 0 Å². The number of primary amides is 1. The van der Waals surface area contributed by atoms with E-state index in [2.05, 4.69) is 28.4 Å². The Morgan fingerprint density at radius 2 is 1.82 bits per heavy atom. The van der Waals surface area contributed by atoms with Crippen LogP contribution in [0.2, 0.25) is 0 Å². The van der Waals surface area contributed by atoms with Crippen molar-refractivity contribution in [2.45, 2.75) is 32.5 Å². The summed E-state index contributed by atoms with van der Waals surface area (Å²) in [5.74, 6) is -0.252. The van der Waals surface area contributed by atoms with Crippen LogP contribution in [0.15, 0.2) is 48.5 Å². The number of hydrogen-bond acceptors (Lipinski definition) is 5. The second-order valence-electron chi connectivity index (χ2n) is 7.33. The van der Waals surface area contributed by atoms with Gasteiger partial charge < -0.3 is 11.1 Å². The zero-order valence-corrected chi connectivity index (χ0v) is 15.8. The van der Waals surface area contributed by atoms with Gasteiger partial charge in [-0.1, -0.05) is 36.4 Å². The lowest BCUT2D eigenvalue weighted by Gasteiger charge is -2.31. The van der Waals surface area contributed by atoms with Crippen LogP contribution in [0.5, 0.6) is 0 Å². The topological polar surface area (TPSA) is 102 Å². The maximum atomic E-state index is 11.4. The number of likely N-dealkylation sites (tertiary alicyclic amines) is 1. The molecule has 1 saturated heterocycles. The Bertz CT molecular complexity index is 840. The molecule has 1 amide bonds. The summed E-state index contributed by atoms with van der Waals surface area (Å²) in [6, 6.07) is 15.0. The van der Waals surface area contributed by atoms with Crippen molar-refractivity contribution in [3.8, 4) is 0 Å². The van der Waals surface area contributed by atoms with E-state index in [1.807, 2.05) is 12.1 Å². The van der Waals surface area contributed by atoms with Crippen LogP contribution in [0.4, 0.5) is 5.69 Å². The molecule has 0 aliphatic carbocycles. The van der Waals surface area contributed by atoms with Gasteiger partial charge in [0.25, 0.3) is 5.69 Å². The average molecular weight is 382 g/mol. The lowest BCUT2D eigenvalue weighted by atomic mass is 9.97. The SMILES string of the molecule is NC(=O)C1CCCN(Cc2cccc(CNCc3cccc([N+](=O)[O-])c3)c2)C1. The van der Waals surface area contributed by atoms with Crippen molar-refractivity contribution in [3.05, 3.63) is 75.3 Å². The maximum Gasteiger partial charge on any atom is 0.269 e. The first-order valence-electron chi connectivity index (χ1n) is 9.55. The van der Waals surface area contributed by atoms with E-state index in [4.69, 9.17) is 5.73 Å². The van der Waals surface area contributed by atoms with E-state index in [9.17, 15) is 14.9 Å². The van der Waals surface area contributed by atoms with Crippen LogP contribution in [0.3, 0.4) is 0 Å². The van der Waals surface area contributed by atoms with Crippen molar-refractivity contribution in [2.24, 2.45) is 11.7 Å². The summed E-state index contributed by atoms with van der Waals surface area (Å²) in [5, 5.41) is 14.2. The minimum Gasteiger partial charge on any atom is -0.369 e. The van der Waals surface area contributed by atoms with Crippen molar-refractivity contribution in [1.82, 2.24) is 10.2 Å². The Labute approximate surface area is 164 Å². The summed E-state index contributed by atoms with van der Waals surface area (Å²) < 4.78 is 0. The number of nitrogens with zero attached hydrogens (tertiary/aromatic N) is 2. The van der Waals surface area contributed by atoms with Gasteiger partial charge in [-0.25, -0.2) is 0 Å². The highest BCUT2D eigenvalue weighted by Crippen LogP contribution is 2.19. The Kier molecular flexibility index (Phi) is 6.73. The minimum absolute atomic E-state index is 0.0477. The highest BCUT2D eigenvalue weighted by molar-refractivity contribution is 5.76. The molecule has 3 rings (SSSR count). The number of carbonyl (C=O) groups excluding carboxylic acids is 1. The third kappa shape index (κ3) is 5.61. The predicted molar refractivity (Wildman–Crippen MR) is 107 cm³/mol. The lowest BCUT2D eigenvalue weighted by Crippen LogP contribution is -2.40. The normalized spacial score (nSPS) is 17.4. The van der Waals surface area contributed by atoms with Crippen LogP contribution in [-0.4, -0.2) is 28.8 Å². The zero-order chi connectivity index (χ0) is 19.9. The summed E-state index contributed by atoms with van der Waals surface area (Å²) >= 11 is 0. The van der Waals surface area contributed by atoms with Gasteiger partial charge in [0.05, 0.1) is 10.8 Å². The molecule has 1 atom stereocenters. The molecule has 7 heteroatoms. The van der Waals surface area contributed by atoms with E-state index in [1.54, 1.807) is 12.1 Å². The van der Waals surface area contributed by atoms with Crippen molar-refractivity contribution in [2.75, 3.05) is 13.1 Å². The molecule has 1 fully saturated rings. The van der Waals surface area contributed by atoms with Gasteiger partial charge in [-0.05, 0) is 36.1 Å². The summed E-state index contributed by atoms with van der Waals surface area (Å²) in [7, 11) is 0. The molecule has 2 aromatic carbocycles. The van der Waals surface area contributed by atoms with E-state index < -0.39 is 0 Å². The molecule has 3 N–H and O–H groups in total. The van der Waals surface area contributed by atoms with Crippen LogP contribution in [-0.2, 0) is 24.4 Å². The van der Waals surface area contributed by atoms with E-state index in [0.29, 0.717) is 13.1 Å². The van der Waals surface area contributed by atoms with Gasteiger partial charge in [0.2, 0.25) is 5.91 Å². The Morgan fingerprint density at radius 1 is 1.14 bits per heavy atom. The molecule has 148 valence electrons. The first-order chi connectivity index (χ1) is 13.5. The van der Waals surface area contributed by atoms with Gasteiger partial charge in [0.15, 0.2) is 0 Å². The van der Waals surface area contributed by atoms with Crippen molar-refractivity contribution in [3.63, 3.8) is 0 Å². The van der Waals surface area contributed by atoms with Crippen LogP contribution in [0, 0.1) is 16.0 Å². The fraction of sp³-hybridized carbons (Fsp3) is 0.381. The number of carbonyl (C=O) groups is 1. The number of benzene rings is 2. The maximum absolute atomic E-state index is 11.4. The predicted octanol–water partition coefficient (Wildman–Crippen LogP) is 2.58. The molecule has 28 heavy (non-hydrogen) atoms. The second-order valence-corrected chi connectivity index (χ2v) is 7.33. The third-order valence-corrected chi connectivity index (χ3v) is 5.09. The molecule has 1 unspecified atom stereocenters. The number of non-ortho nitro benzene ring substituents is 1. The molecule has 1 heterocycles. The van der Waals surface area contributed by atoms with Crippen LogP contribution in [0.25, 0.3) is 0 Å². The second kappa shape index (κ2) is 9.43. The summed E-state index contributed by atoms with van der Waals surface area (Å²) in [5.41, 5.74) is 8.82. The fourth-order valence-electron chi connectivity index (χ4n) is 3.66. The Balaban J connectivity index is 1.53. The fourth-order valence-corrected chi connectivity index (χ4v) is 3.66. The molecule has 0 saturated carbocycles. The number of nitro benzene ring substituents is 1. The van der Waals surface area contributed by atoms with E-state index in [-0.39, 0.29) is 22.4 Å². The molecule has 0 radical (unpaired) electrons. The number of nitro groups is 1. The average Bonchev–Trinajstić information content (AvgIpc) is 2.69. The summed E-state index contributed by atoms with van der Waals surface area (Å²) in [6.45, 7) is 3.77. The van der Waals surface area contributed by atoms with E-state index in [1.165, 1.54) is 11.6 Å². The van der Waals surface area contributed by atoms with Gasteiger partial charge >= 0.3 is 0 Å². The Hall–Kier alpha value is -2.77. The van der Waals surface area contributed by atoms with Gasteiger partial charge in [-0.2, -0.15) is 0 Å². The number of nitrogens with two attached hydrogens (primary N) is 1. The number of nitrogens with one attached hydrogen (secondary N) is 1. The number of amides is 1. The van der Waals surface area contributed by atoms with E-state index >= 15 is 0 Å². The number of rotatable bonds is 8. The van der Waals surface area contributed by atoms with Gasteiger partial charge in [0.1, 0.15) is 0 Å². The molecular formula is C21H26N4O3. The van der Waals surface area contributed by atoms with Gasteiger partial charge in [-0.15, -0.1) is 0 Å². The van der Waals surface area contributed by atoms with Gasteiger partial charge in [-0.3, -0.25) is 19.8 Å². The van der Waals surface area contributed by atoms with Crippen LogP contribution >= 0.6 is 0 Å². The van der Waals surface area contributed by atoms with Crippen LogP contribution < -0.4 is 11.1 Å². The molecule has 7 nitrogen and oxygen atoms in total. The lowest BCUT2D eigenvalue weighted by molar-refractivity contribution is -0.384. The zero-order valence-electron chi connectivity index (χ0n) is 15.8. The molecule has 1 aliphatic rings. The molecule has 1 aliphatic heterocycles. The van der Waals surface area contributed by atoms with E-state index in [0.717, 1.165) is 43.6 Å². The molecule has 2 aromatic rings. The molecular weight excluding hydrogens is 356 g/mol. The van der Waals surface area contributed by atoms with Crippen LogP contribution in [0.1, 0.15) is 29.5 Å². The highest BCUT2D eigenvalue weighted by atomic mass is 16.6. The first kappa shape index (κ1) is 20.0. The summed E-state index contributed by atoms with van der Waals surface area (Å²) in [4.78, 5) is 24.2. The van der Waals surface area contributed by atoms with Crippen molar-refractivity contribution < 1.29 is 9.72 Å². The standard InChI is InChI=1S/C21H26N4O3/c22-21(26)19-7-3-9-24(15-19)14-18-6-1-4-16(10-18)12-23-13-17-5-2-8-20(11-17)25(27)28/h1-2,4-6,8,10-11,19,23H,3,7,9,12-15H2,(H2,22,26). The minimum atomic E-state index is -0.379. The Morgan fingerprint density at radius 3 is 2.54 bits per heavy atom. The molecule has 0 aromatic heterocycles. The van der Waals surface area contributed by atoms with Crippen molar-refractivity contribution >= 4 is 11.6 Å². The third-order valence-electron chi connectivity index (χ3n) is 5.09. The quantitative estimate of drug-likeness (QED) is 0.540. The summed E-state index contributed by atoms with van der Waals surface area (Å²) in [6.07, 6.45) is 1.88. The first-order valence-corrected chi connectivity index (χ1v) is 9.55. The number of hydrogen-bond donors (Lipinski definition) is 2. The smallest absolute Gasteiger partial charge is 0.269 e. The largest absolute Gasteiger partial charge is 0.369 e. The molecule has 0 spiro atoms. The highest BCUT2D eigenvalue weighted by Gasteiger charge is 2.23. The number of piperidine rings is 1.